The van der Waals surface area contributed by atoms with E-state index in [2.05, 4.69) is 119 Å². The normalized spacial score (nSPS) is 11.2. The molecule has 1 N–H and O–H groups in total. The number of phenolic OH excluding ortho intramolecular Hbond substituents is 1. The van der Waals surface area contributed by atoms with E-state index in [0.717, 1.165) is 21.9 Å². The second-order valence-corrected chi connectivity index (χ2v) is 10.0. The van der Waals surface area contributed by atoms with Gasteiger partial charge in [-0.3, -0.25) is 0 Å². The van der Waals surface area contributed by atoms with E-state index >= 15 is 0 Å². The van der Waals surface area contributed by atoms with Crippen molar-refractivity contribution in [1.82, 2.24) is 0 Å². The summed E-state index contributed by atoms with van der Waals surface area (Å²) in [6, 6.07) is 37.0. The lowest BCUT2D eigenvalue weighted by atomic mass is 9.64. The Balaban J connectivity index is 1.69. The van der Waals surface area contributed by atoms with Gasteiger partial charge in [-0.1, -0.05) is 125 Å². The van der Waals surface area contributed by atoms with Crippen LogP contribution in [0.1, 0.15) is 0 Å². The number of phenols is 1. The van der Waals surface area contributed by atoms with E-state index in [1.165, 1.54) is 54.9 Å². The molecular weight excluding hydrogens is 444 g/mol. The minimum atomic E-state index is 0.405. The van der Waals surface area contributed by atoms with Gasteiger partial charge in [-0.25, -0.2) is 0 Å². The Kier molecular flexibility index (Phi) is 5.72. The Bertz CT molecular complexity index is 1720. The minimum Gasteiger partial charge on any atom is -0.509 e. The van der Waals surface area contributed by atoms with E-state index in [-0.39, 0.29) is 0 Å². The second-order valence-electron chi connectivity index (χ2n) is 10.0. The zero-order chi connectivity index (χ0) is 25.7. The monoisotopic (exact) mass is 470 g/mol. The molecule has 0 fully saturated rings. The van der Waals surface area contributed by atoms with E-state index in [9.17, 15) is 5.11 Å². The standard InChI is InChI=1S/C32H26B4O/c33-28-27(29(34)31(36)32(37)30(28)35)26-23-12-6-4-10-21(23)25(22-11-5-7-13-24(22)26)20-16-14-19(15-17-20)18-8-2-1-3-9-18/h1-17,37H,33-36H2. The molecule has 0 saturated heterocycles. The molecule has 0 aromatic heterocycles. The molecule has 1 nitrogen and oxygen atoms in total. The zero-order valence-electron chi connectivity index (χ0n) is 21.8. The molecule has 6 aromatic rings. The van der Waals surface area contributed by atoms with Crippen LogP contribution in [0.3, 0.4) is 0 Å². The molecule has 0 radical (unpaired) electrons. The fourth-order valence-corrected chi connectivity index (χ4v) is 5.84. The van der Waals surface area contributed by atoms with Crippen LogP contribution in [0.5, 0.6) is 5.75 Å². The van der Waals surface area contributed by atoms with Gasteiger partial charge in [0, 0.05) is 0 Å². The number of benzene rings is 6. The van der Waals surface area contributed by atoms with E-state index in [0.29, 0.717) is 5.75 Å². The summed E-state index contributed by atoms with van der Waals surface area (Å²) in [5.41, 5.74) is 11.6. The largest absolute Gasteiger partial charge is 0.509 e. The first-order chi connectivity index (χ1) is 18.0. The third-order valence-electron chi connectivity index (χ3n) is 8.05. The van der Waals surface area contributed by atoms with Crippen molar-refractivity contribution < 1.29 is 5.11 Å². The SMILES string of the molecule is Bc1c(B)c(-c2c3ccccc3c(-c3ccc(-c4ccccc4)cc3)c3ccccc23)c(B)c(B)c1O. The molecule has 5 heteroatoms. The maximum atomic E-state index is 10.8. The summed E-state index contributed by atoms with van der Waals surface area (Å²) < 4.78 is 0. The first-order valence-electron chi connectivity index (χ1n) is 12.9. The second kappa shape index (κ2) is 9.09. The number of aromatic hydroxyl groups is 1. The molecule has 0 unspecified atom stereocenters. The number of hydrogen-bond acceptors (Lipinski definition) is 1. The molecule has 6 aromatic carbocycles. The molecule has 0 saturated carbocycles. The summed E-state index contributed by atoms with van der Waals surface area (Å²) in [6.45, 7) is 0. The molecule has 172 valence electrons. The van der Waals surface area contributed by atoms with Gasteiger partial charge in [0.2, 0.25) is 0 Å². The number of hydrogen-bond donors (Lipinski definition) is 1. The van der Waals surface area contributed by atoms with Crippen LogP contribution in [0.4, 0.5) is 0 Å². The summed E-state index contributed by atoms with van der Waals surface area (Å²) in [6.07, 6.45) is 0. The highest BCUT2D eigenvalue weighted by molar-refractivity contribution is 6.61. The van der Waals surface area contributed by atoms with Crippen molar-refractivity contribution >= 4 is 74.8 Å². The molecule has 0 heterocycles. The van der Waals surface area contributed by atoms with Crippen LogP contribution in [0.15, 0.2) is 103 Å². The fraction of sp³-hybridized carbons (Fsp3) is 0. The molecule has 0 spiro atoms. The van der Waals surface area contributed by atoms with Gasteiger partial charge >= 0.3 is 0 Å². The van der Waals surface area contributed by atoms with E-state index in [1.807, 2.05) is 15.7 Å². The van der Waals surface area contributed by atoms with Gasteiger partial charge in [0.25, 0.3) is 0 Å². The highest BCUT2D eigenvalue weighted by Gasteiger charge is 2.21. The van der Waals surface area contributed by atoms with Gasteiger partial charge in [-0.2, -0.15) is 0 Å². The Morgan fingerprint density at radius 2 is 0.730 bits per heavy atom. The fourth-order valence-electron chi connectivity index (χ4n) is 5.84. The van der Waals surface area contributed by atoms with Crippen LogP contribution in [-0.4, -0.2) is 36.5 Å². The molecule has 6 rings (SSSR count). The van der Waals surface area contributed by atoms with E-state index in [4.69, 9.17) is 0 Å². The molecule has 0 aliphatic carbocycles. The number of rotatable bonds is 3. The van der Waals surface area contributed by atoms with Gasteiger partial charge in [-0.15, -0.1) is 0 Å². The van der Waals surface area contributed by atoms with Crippen molar-refractivity contribution in [3.05, 3.63) is 103 Å². The Morgan fingerprint density at radius 1 is 0.351 bits per heavy atom. The van der Waals surface area contributed by atoms with Crippen LogP contribution in [-0.2, 0) is 0 Å². The highest BCUT2D eigenvalue weighted by Crippen LogP contribution is 2.43. The molecule has 0 aliphatic rings. The van der Waals surface area contributed by atoms with Gasteiger partial charge in [-0.05, 0) is 54.9 Å². The third kappa shape index (κ3) is 3.69. The summed E-state index contributed by atoms with van der Waals surface area (Å²) in [5.74, 6) is 0.405. The van der Waals surface area contributed by atoms with Gasteiger partial charge in [0.05, 0.1) is 0 Å². The van der Waals surface area contributed by atoms with Crippen molar-refractivity contribution in [1.29, 1.82) is 0 Å². The van der Waals surface area contributed by atoms with Crippen molar-refractivity contribution in [3.63, 3.8) is 0 Å². The Labute approximate surface area is 221 Å². The average molecular weight is 470 g/mol. The zero-order valence-corrected chi connectivity index (χ0v) is 21.8. The first kappa shape index (κ1) is 23.3. The lowest BCUT2D eigenvalue weighted by molar-refractivity contribution is 0.484. The van der Waals surface area contributed by atoms with E-state index in [1.54, 1.807) is 0 Å². The molecular formula is C32H26B4O. The third-order valence-corrected chi connectivity index (χ3v) is 8.05. The lowest BCUT2D eigenvalue weighted by Gasteiger charge is -2.23. The predicted octanol–water partition coefficient (Wildman–Crippen LogP) is 1.73. The average Bonchev–Trinajstić information content (AvgIpc) is 2.95. The smallest absolute Gasteiger partial charge is 0.143 e. The molecule has 0 atom stereocenters. The van der Waals surface area contributed by atoms with Crippen molar-refractivity contribution in [2.45, 2.75) is 0 Å². The van der Waals surface area contributed by atoms with Crippen LogP contribution < -0.4 is 21.9 Å². The minimum absolute atomic E-state index is 0.405. The molecule has 0 aliphatic heterocycles. The van der Waals surface area contributed by atoms with Crippen molar-refractivity contribution in [2.24, 2.45) is 0 Å². The lowest BCUT2D eigenvalue weighted by Crippen LogP contribution is -2.42. The maximum Gasteiger partial charge on any atom is 0.143 e. The molecule has 0 amide bonds. The summed E-state index contributed by atoms with van der Waals surface area (Å²) >= 11 is 0. The quantitative estimate of drug-likeness (QED) is 0.309. The van der Waals surface area contributed by atoms with Crippen LogP contribution in [0.25, 0.3) is 54.9 Å². The van der Waals surface area contributed by atoms with Gasteiger partial charge < -0.3 is 5.11 Å². The number of fused-ring (bicyclic) bond motifs is 2. The van der Waals surface area contributed by atoms with Crippen LogP contribution in [0, 0.1) is 0 Å². The van der Waals surface area contributed by atoms with Gasteiger partial charge in [0.15, 0.2) is 0 Å². The topological polar surface area (TPSA) is 20.2 Å². The van der Waals surface area contributed by atoms with Gasteiger partial charge in [0.1, 0.15) is 37.1 Å². The summed E-state index contributed by atoms with van der Waals surface area (Å²) in [4.78, 5) is 0. The summed E-state index contributed by atoms with van der Waals surface area (Å²) in [7, 11) is 8.31. The van der Waals surface area contributed by atoms with E-state index < -0.39 is 0 Å². The van der Waals surface area contributed by atoms with Crippen molar-refractivity contribution in [3.8, 4) is 39.1 Å². The maximum absolute atomic E-state index is 10.8. The van der Waals surface area contributed by atoms with Crippen LogP contribution >= 0.6 is 0 Å². The molecule has 0 bridgehead atoms. The Morgan fingerprint density at radius 3 is 1.22 bits per heavy atom. The Hall–Kier alpha value is -4.10. The molecule has 37 heavy (non-hydrogen) atoms. The van der Waals surface area contributed by atoms with Crippen molar-refractivity contribution in [2.75, 3.05) is 0 Å². The summed E-state index contributed by atoms with van der Waals surface area (Å²) in [5, 5.41) is 15.7. The predicted molar refractivity (Wildman–Crippen MR) is 172 cm³/mol. The highest BCUT2D eigenvalue weighted by atomic mass is 16.3. The van der Waals surface area contributed by atoms with Crippen LogP contribution in [0.2, 0.25) is 0 Å². The first-order valence-corrected chi connectivity index (χ1v) is 12.9.